The molecule has 22 heavy (non-hydrogen) atoms. The molecule has 120 valence electrons. The molecule has 0 unspecified atom stereocenters. The number of rotatable bonds is 6. The zero-order chi connectivity index (χ0) is 16.2. The summed E-state index contributed by atoms with van der Waals surface area (Å²) >= 11 is 0. The Morgan fingerprint density at radius 2 is 1.82 bits per heavy atom. The lowest BCUT2D eigenvalue weighted by Crippen LogP contribution is -2.53. The summed E-state index contributed by atoms with van der Waals surface area (Å²) in [6.45, 7) is 6.74. The molecule has 0 saturated heterocycles. The van der Waals surface area contributed by atoms with Crippen molar-refractivity contribution in [2.45, 2.75) is 32.9 Å². The summed E-state index contributed by atoms with van der Waals surface area (Å²) in [6.07, 6.45) is 0.715. The Morgan fingerprint density at radius 3 is 2.45 bits per heavy atom. The predicted octanol–water partition coefficient (Wildman–Crippen LogP) is 1.38. The number of hydroxylamine groups is 2. The van der Waals surface area contributed by atoms with Crippen molar-refractivity contribution in [1.29, 1.82) is 0 Å². The number of guanidine groups is 2. The first-order valence-electron chi connectivity index (χ1n) is 7.20. The van der Waals surface area contributed by atoms with Gasteiger partial charge in [0.1, 0.15) is 5.75 Å². The molecule has 1 aliphatic rings. The number of aliphatic imine (C=N–C) groups is 2. The Bertz CT molecular complexity index is 566. The molecular weight excluding hydrogens is 282 g/mol. The number of hydrogen-bond donors (Lipinski definition) is 2. The molecule has 0 radical (unpaired) electrons. The summed E-state index contributed by atoms with van der Waals surface area (Å²) in [4.78, 5) is 13.8. The summed E-state index contributed by atoms with van der Waals surface area (Å²) < 4.78 is 5.64. The van der Waals surface area contributed by atoms with Crippen molar-refractivity contribution < 1.29 is 9.57 Å². The molecule has 1 heterocycles. The van der Waals surface area contributed by atoms with Crippen LogP contribution in [-0.4, -0.2) is 35.9 Å². The van der Waals surface area contributed by atoms with Crippen LogP contribution in [0.15, 0.2) is 34.3 Å². The largest absolute Gasteiger partial charge is 0.494 e. The molecule has 0 spiro atoms. The summed E-state index contributed by atoms with van der Waals surface area (Å²) in [5.41, 5.74) is 12.0. The van der Waals surface area contributed by atoms with E-state index in [1.807, 2.05) is 45.0 Å². The van der Waals surface area contributed by atoms with Crippen molar-refractivity contribution in [3.8, 4) is 5.75 Å². The van der Waals surface area contributed by atoms with Gasteiger partial charge in [0.2, 0.25) is 11.9 Å². The molecule has 0 bridgehead atoms. The Balaban J connectivity index is 1.75. The van der Waals surface area contributed by atoms with Gasteiger partial charge >= 0.3 is 0 Å². The molecule has 0 saturated carbocycles. The highest BCUT2D eigenvalue weighted by molar-refractivity contribution is 5.95. The SMILES string of the molecule is Cc1ccc(OCCCON2C(N)=NC(N)=NC2(C)C)cc1. The van der Waals surface area contributed by atoms with Crippen LogP contribution in [0.4, 0.5) is 0 Å². The van der Waals surface area contributed by atoms with Gasteiger partial charge < -0.3 is 16.2 Å². The highest BCUT2D eigenvalue weighted by Crippen LogP contribution is 2.19. The van der Waals surface area contributed by atoms with E-state index < -0.39 is 5.66 Å². The lowest BCUT2D eigenvalue weighted by Gasteiger charge is -2.36. The fourth-order valence-electron chi connectivity index (χ4n) is 2.06. The number of nitrogens with two attached hydrogens (primary N) is 2. The van der Waals surface area contributed by atoms with E-state index in [0.717, 1.165) is 5.75 Å². The second kappa shape index (κ2) is 6.65. The zero-order valence-corrected chi connectivity index (χ0v) is 13.2. The average molecular weight is 305 g/mol. The van der Waals surface area contributed by atoms with E-state index in [-0.39, 0.29) is 11.9 Å². The molecule has 7 nitrogen and oxygen atoms in total. The molecular formula is C15H23N5O2. The highest BCUT2D eigenvalue weighted by atomic mass is 16.7. The van der Waals surface area contributed by atoms with Crippen LogP contribution in [0.1, 0.15) is 25.8 Å². The molecule has 0 aromatic heterocycles. The maximum atomic E-state index is 5.82. The van der Waals surface area contributed by atoms with Gasteiger partial charge in [0.25, 0.3) is 0 Å². The minimum Gasteiger partial charge on any atom is -0.494 e. The van der Waals surface area contributed by atoms with Crippen LogP contribution in [0.3, 0.4) is 0 Å². The lowest BCUT2D eigenvalue weighted by molar-refractivity contribution is -0.158. The molecule has 0 atom stereocenters. The van der Waals surface area contributed by atoms with Crippen molar-refractivity contribution in [3.05, 3.63) is 29.8 Å². The third-order valence-electron chi connectivity index (χ3n) is 3.12. The number of nitrogens with zero attached hydrogens (tertiary/aromatic N) is 3. The predicted molar refractivity (Wildman–Crippen MR) is 86.4 cm³/mol. The first-order chi connectivity index (χ1) is 10.4. The van der Waals surface area contributed by atoms with E-state index in [2.05, 4.69) is 9.98 Å². The van der Waals surface area contributed by atoms with Gasteiger partial charge in [0.15, 0.2) is 5.66 Å². The van der Waals surface area contributed by atoms with Crippen molar-refractivity contribution in [3.63, 3.8) is 0 Å². The number of benzene rings is 1. The highest BCUT2D eigenvalue weighted by Gasteiger charge is 2.32. The number of hydrogen-bond acceptors (Lipinski definition) is 7. The fraction of sp³-hybridized carbons (Fsp3) is 0.467. The van der Waals surface area contributed by atoms with E-state index in [4.69, 9.17) is 21.0 Å². The van der Waals surface area contributed by atoms with Crippen molar-refractivity contribution in [2.75, 3.05) is 13.2 Å². The van der Waals surface area contributed by atoms with Crippen molar-refractivity contribution in [1.82, 2.24) is 5.06 Å². The van der Waals surface area contributed by atoms with E-state index in [9.17, 15) is 0 Å². The third-order valence-corrected chi connectivity index (χ3v) is 3.12. The summed E-state index contributed by atoms with van der Waals surface area (Å²) in [6, 6.07) is 7.93. The zero-order valence-electron chi connectivity index (χ0n) is 13.2. The molecule has 0 amide bonds. The van der Waals surface area contributed by atoms with E-state index in [0.29, 0.717) is 19.6 Å². The minimum absolute atomic E-state index is 0.157. The van der Waals surface area contributed by atoms with Gasteiger partial charge in [-0.05, 0) is 32.9 Å². The van der Waals surface area contributed by atoms with Gasteiger partial charge in [-0.15, -0.1) is 0 Å². The summed E-state index contributed by atoms with van der Waals surface area (Å²) in [7, 11) is 0. The molecule has 1 aromatic rings. The van der Waals surface area contributed by atoms with E-state index in [1.165, 1.54) is 10.6 Å². The maximum Gasteiger partial charge on any atom is 0.226 e. The van der Waals surface area contributed by atoms with Crippen LogP contribution in [0, 0.1) is 6.92 Å². The molecule has 2 rings (SSSR count). The van der Waals surface area contributed by atoms with Gasteiger partial charge in [0, 0.05) is 6.42 Å². The Kier molecular flexibility index (Phi) is 4.87. The lowest BCUT2D eigenvalue weighted by atomic mass is 10.2. The van der Waals surface area contributed by atoms with Crippen molar-refractivity contribution >= 4 is 11.9 Å². The van der Waals surface area contributed by atoms with Crippen molar-refractivity contribution in [2.24, 2.45) is 21.5 Å². The second-order valence-electron chi connectivity index (χ2n) is 5.58. The van der Waals surface area contributed by atoms with Gasteiger partial charge in [-0.25, -0.2) is 4.99 Å². The smallest absolute Gasteiger partial charge is 0.226 e. The first kappa shape index (κ1) is 16.1. The third kappa shape index (κ3) is 4.11. The van der Waals surface area contributed by atoms with Gasteiger partial charge in [-0.3, -0.25) is 4.84 Å². The molecule has 7 heteroatoms. The van der Waals surface area contributed by atoms with Crippen LogP contribution in [0.2, 0.25) is 0 Å². The normalized spacial score (nSPS) is 17.0. The molecule has 0 fully saturated rings. The van der Waals surface area contributed by atoms with E-state index in [1.54, 1.807) is 0 Å². The number of ether oxygens (including phenoxy) is 1. The second-order valence-corrected chi connectivity index (χ2v) is 5.58. The van der Waals surface area contributed by atoms with Crippen LogP contribution < -0.4 is 16.2 Å². The van der Waals surface area contributed by atoms with Crippen LogP contribution in [0.5, 0.6) is 5.75 Å². The monoisotopic (exact) mass is 305 g/mol. The first-order valence-corrected chi connectivity index (χ1v) is 7.20. The average Bonchev–Trinajstić information content (AvgIpc) is 2.42. The van der Waals surface area contributed by atoms with Gasteiger partial charge in [-0.1, -0.05) is 17.7 Å². The van der Waals surface area contributed by atoms with Gasteiger partial charge in [-0.2, -0.15) is 10.1 Å². The molecule has 1 aliphatic heterocycles. The molecule has 0 aliphatic carbocycles. The number of aryl methyl sites for hydroxylation is 1. The Morgan fingerprint density at radius 1 is 1.14 bits per heavy atom. The fourth-order valence-corrected chi connectivity index (χ4v) is 2.06. The standard InChI is InChI=1S/C15H23N5O2/c1-11-5-7-12(8-6-11)21-9-4-10-22-20-14(17)18-13(16)19-15(20,2)3/h5-8H,4,9-10H2,1-3H3,(H4,16,17,18,19). The summed E-state index contributed by atoms with van der Waals surface area (Å²) in [5, 5.41) is 1.47. The Labute approximate surface area is 130 Å². The summed E-state index contributed by atoms with van der Waals surface area (Å²) in [5.74, 6) is 1.21. The minimum atomic E-state index is -0.673. The van der Waals surface area contributed by atoms with Gasteiger partial charge in [0.05, 0.1) is 13.2 Å². The van der Waals surface area contributed by atoms with Crippen LogP contribution in [-0.2, 0) is 4.84 Å². The van der Waals surface area contributed by atoms with Crippen LogP contribution in [0.25, 0.3) is 0 Å². The topological polar surface area (TPSA) is 98.5 Å². The molecule has 4 N–H and O–H groups in total. The molecule has 1 aromatic carbocycles. The van der Waals surface area contributed by atoms with Crippen LogP contribution >= 0.6 is 0 Å². The maximum absolute atomic E-state index is 5.82. The quantitative estimate of drug-likeness (QED) is 0.774. The Hall–Kier alpha value is -2.28. The van der Waals surface area contributed by atoms with E-state index >= 15 is 0 Å².